The maximum atomic E-state index is 6.02. The van der Waals surface area contributed by atoms with E-state index in [1.54, 1.807) is 0 Å². The first-order valence-corrected chi connectivity index (χ1v) is 7.62. The van der Waals surface area contributed by atoms with E-state index in [0.29, 0.717) is 6.61 Å². The fourth-order valence-corrected chi connectivity index (χ4v) is 2.63. The second-order valence-electron chi connectivity index (χ2n) is 5.41. The van der Waals surface area contributed by atoms with Gasteiger partial charge in [0.25, 0.3) is 0 Å². The second-order valence-corrected chi connectivity index (χ2v) is 5.41. The number of aryl methyl sites for hydroxylation is 2. The summed E-state index contributed by atoms with van der Waals surface area (Å²) >= 11 is 0. The van der Waals surface area contributed by atoms with E-state index in [4.69, 9.17) is 10.5 Å². The average Bonchev–Trinajstić information content (AvgIpc) is 2.89. The molecule has 0 bridgehead atoms. The summed E-state index contributed by atoms with van der Waals surface area (Å²) in [6.07, 6.45) is 0.874. The number of nitrogens with zero attached hydrogens (tertiary/aromatic N) is 2. The van der Waals surface area contributed by atoms with E-state index < -0.39 is 0 Å². The Balaban J connectivity index is 1.78. The highest BCUT2D eigenvalue weighted by Gasteiger charge is 2.11. The van der Waals surface area contributed by atoms with Gasteiger partial charge >= 0.3 is 0 Å². The van der Waals surface area contributed by atoms with Gasteiger partial charge < -0.3 is 15.0 Å². The van der Waals surface area contributed by atoms with Crippen LogP contribution in [0.15, 0.2) is 42.5 Å². The van der Waals surface area contributed by atoms with Gasteiger partial charge in [0.15, 0.2) is 0 Å². The molecule has 0 fully saturated rings. The summed E-state index contributed by atoms with van der Waals surface area (Å²) in [6.45, 7) is 5.54. The third kappa shape index (κ3) is 2.77. The molecule has 1 aromatic heterocycles. The lowest BCUT2D eigenvalue weighted by Crippen LogP contribution is -2.10. The van der Waals surface area contributed by atoms with Gasteiger partial charge in [0.05, 0.1) is 17.7 Å². The van der Waals surface area contributed by atoms with Gasteiger partial charge in [0, 0.05) is 6.42 Å². The molecule has 0 unspecified atom stereocenters. The molecule has 2 aromatic carbocycles. The molecule has 0 aliphatic heterocycles. The van der Waals surface area contributed by atoms with Crippen molar-refractivity contribution in [1.29, 1.82) is 0 Å². The number of para-hydroxylation sites is 1. The van der Waals surface area contributed by atoms with Gasteiger partial charge in [-0.3, -0.25) is 0 Å². The van der Waals surface area contributed by atoms with Crippen molar-refractivity contribution in [3.8, 4) is 5.75 Å². The van der Waals surface area contributed by atoms with Crippen LogP contribution in [0.3, 0.4) is 0 Å². The number of hydrogen-bond acceptors (Lipinski definition) is 3. The van der Waals surface area contributed by atoms with Crippen molar-refractivity contribution < 1.29 is 4.74 Å². The minimum absolute atomic E-state index is 0.607. The Morgan fingerprint density at radius 3 is 2.64 bits per heavy atom. The van der Waals surface area contributed by atoms with Crippen molar-refractivity contribution in [3.63, 3.8) is 0 Å². The molecule has 0 radical (unpaired) electrons. The first kappa shape index (κ1) is 14.4. The van der Waals surface area contributed by atoms with Crippen LogP contribution in [-0.2, 0) is 13.0 Å². The predicted molar refractivity (Wildman–Crippen MR) is 90.2 cm³/mol. The topological polar surface area (TPSA) is 53.1 Å². The number of hydrogen-bond donors (Lipinski definition) is 1. The Morgan fingerprint density at radius 2 is 1.91 bits per heavy atom. The molecule has 0 saturated heterocycles. The van der Waals surface area contributed by atoms with Gasteiger partial charge in [-0.15, -0.1) is 0 Å². The monoisotopic (exact) mass is 295 g/mol. The van der Waals surface area contributed by atoms with Crippen molar-refractivity contribution in [1.82, 2.24) is 9.55 Å². The van der Waals surface area contributed by atoms with Crippen LogP contribution in [0.4, 0.5) is 5.69 Å². The highest BCUT2D eigenvalue weighted by atomic mass is 16.5. The van der Waals surface area contributed by atoms with Crippen LogP contribution in [0.1, 0.15) is 18.3 Å². The molecule has 3 aromatic rings. The average molecular weight is 295 g/mol. The Labute approximate surface area is 130 Å². The quantitative estimate of drug-likeness (QED) is 0.732. The van der Waals surface area contributed by atoms with E-state index in [-0.39, 0.29) is 0 Å². The summed E-state index contributed by atoms with van der Waals surface area (Å²) in [4.78, 5) is 4.65. The zero-order valence-corrected chi connectivity index (χ0v) is 13.0. The van der Waals surface area contributed by atoms with Crippen LogP contribution in [0.5, 0.6) is 5.75 Å². The molecular formula is C18H21N3O. The normalized spacial score (nSPS) is 11.0. The van der Waals surface area contributed by atoms with E-state index in [1.807, 2.05) is 24.3 Å². The summed E-state index contributed by atoms with van der Waals surface area (Å²) < 4.78 is 8.03. The lowest BCUT2D eigenvalue weighted by atomic mass is 10.2. The number of aromatic nitrogens is 2. The summed E-state index contributed by atoms with van der Waals surface area (Å²) in [5, 5.41) is 0. The predicted octanol–water partition coefficient (Wildman–Crippen LogP) is 3.57. The van der Waals surface area contributed by atoms with Crippen LogP contribution in [0.25, 0.3) is 11.0 Å². The van der Waals surface area contributed by atoms with E-state index in [2.05, 4.69) is 41.6 Å². The summed E-state index contributed by atoms with van der Waals surface area (Å²) in [5.74, 6) is 1.94. The van der Waals surface area contributed by atoms with Gasteiger partial charge in [-0.2, -0.15) is 0 Å². The van der Waals surface area contributed by atoms with Crippen molar-refractivity contribution in [3.05, 3.63) is 53.9 Å². The molecule has 4 nitrogen and oxygen atoms in total. The molecule has 0 atom stereocenters. The van der Waals surface area contributed by atoms with Crippen LogP contribution >= 0.6 is 0 Å². The fraction of sp³-hybridized carbons (Fsp3) is 0.278. The molecule has 1 heterocycles. The fourth-order valence-electron chi connectivity index (χ4n) is 2.63. The van der Waals surface area contributed by atoms with Gasteiger partial charge in [0.2, 0.25) is 0 Å². The molecule has 2 N–H and O–H groups in total. The number of ether oxygens (including phenoxy) is 1. The summed E-state index contributed by atoms with van der Waals surface area (Å²) in [5.41, 5.74) is 9.94. The smallest absolute Gasteiger partial charge is 0.119 e. The summed E-state index contributed by atoms with van der Waals surface area (Å²) in [6, 6.07) is 14.0. The molecule has 0 amide bonds. The SMILES string of the molecule is CCc1nc2c(N)cccc2n1CCOc1ccc(C)cc1. The maximum Gasteiger partial charge on any atom is 0.119 e. The highest BCUT2D eigenvalue weighted by Crippen LogP contribution is 2.22. The van der Waals surface area contributed by atoms with Crippen LogP contribution < -0.4 is 10.5 Å². The molecule has 0 saturated carbocycles. The van der Waals surface area contributed by atoms with Crippen LogP contribution in [0, 0.1) is 6.92 Å². The Morgan fingerprint density at radius 1 is 1.14 bits per heavy atom. The molecule has 114 valence electrons. The van der Waals surface area contributed by atoms with Crippen LogP contribution in [-0.4, -0.2) is 16.2 Å². The largest absolute Gasteiger partial charge is 0.492 e. The second kappa shape index (κ2) is 6.10. The molecule has 0 spiro atoms. The molecular weight excluding hydrogens is 274 g/mol. The number of anilines is 1. The number of fused-ring (bicyclic) bond motifs is 1. The standard InChI is InChI=1S/C18H21N3O/c1-3-17-20-18-15(19)5-4-6-16(18)21(17)11-12-22-14-9-7-13(2)8-10-14/h4-10H,3,11-12,19H2,1-2H3. The van der Waals surface area contributed by atoms with Gasteiger partial charge in [-0.05, 0) is 31.2 Å². The lowest BCUT2D eigenvalue weighted by molar-refractivity contribution is 0.298. The van der Waals surface area contributed by atoms with Crippen LogP contribution in [0.2, 0.25) is 0 Å². The number of nitrogen functional groups attached to an aromatic ring is 1. The van der Waals surface area contributed by atoms with Crippen molar-refractivity contribution in [2.24, 2.45) is 0 Å². The number of rotatable bonds is 5. The first-order chi connectivity index (χ1) is 10.7. The highest BCUT2D eigenvalue weighted by molar-refractivity contribution is 5.87. The molecule has 0 aliphatic rings. The molecule has 3 rings (SSSR count). The Bertz CT molecular complexity index is 775. The minimum atomic E-state index is 0.607. The number of benzene rings is 2. The van der Waals surface area contributed by atoms with Gasteiger partial charge in [-0.1, -0.05) is 30.7 Å². The number of nitrogens with two attached hydrogens (primary N) is 1. The van der Waals surface area contributed by atoms with E-state index in [1.165, 1.54) is 5.56 Å². The first-order valence-electron chi connectivity index (χ1n) is 7.62. The lowest BCUT2D eigenvalue weighted by Gasteiger charge is -2.10. The zero-order chi connectivity index (χ0) is 15.5. The van der Waals surface area contributed by atoms with Crippen molar-refractivity contribution in [2.45, 2.75) is 26.8 Å². The van der Waals surface area contributed by atoms with Gasteiger partial charge in [0.1, 0.15) is 23.7 Å². The van der Waals surface area contributed by atoms with E-state index in [9.17, 15) is 0 Å². The molecule has 0 aliphatic carbocycles. The Kier molecular flexibility index (Phi) is 4.00. The Hall–Kier alpha value is -2.49. The molecule has 4 heteroatoms. The van der Waals surface area contributed by atoms with E-state index in [0.717, 1.165) is 41.3 Å². The number of imidazole rings is 1. The van der Waals surface area contributed by atoms with E-state index >= 15 is 0 Å². The minimum Gasteiger partial charge on any atom is -0.492 e. The summed E-state index contributed by atoms with van der Waals surface area (Å²) in [7, 11) is 0. The van der Waals surface area contributed by atoms with Gasteiger partial charge in [-0.25, -0.2) is 4.98 Å². The van der Waals surface area contributed by atoms with Crippen molar-refractivity contribution >= 4 is 16.7 Å². The zero-order valence-electron chi connectivity index (χ0n) is 13.0. The maximum absolute atomic E-state index is 6.02. The third-order valence-corrected chi connectivity index (χ3v) is 3.81. The third-order valence-electron chi connectivity index (χ3n) is 3.81. The molecule has 22 heavy (non-hydrogen) atoms. The van der Waals surface area contributed by atoms with Crippen molar-refractivity contribution in [2.75, 3.05) is 12.3 Å².